The van der Waals surface area contributed by atoms with Crippen molar-refractivity contribution >= 4 is 49.3 Å². The zero-order valence-electron chi connectivity index (χ0n) is 18.4. The molecule has 172 valence electrons. The van der Waals surface area contributed by atoms with E-state index in [2.05, 4.69) is 20.9 Å². The number of hydrogen-bond donors (Lipinski definition) is 0. The number of ether oxygens (including phenoxy) is 3. The molecule has 0 fully saturated rings. The molecule has 0 radical (unpaired) electrons. The van der Waals surface area contributed by atoms with Crippen LogP contribution in [-0.4, -0.2) is 29.7 Å². The average Bonchev–Trinajstić information content (AvgIpc) is 3.36. The number of aromatic nitrogens is 2. The molecule has 2 aromatic heterocycles. The average molecular weight is 537 g/mol. The largest absolute Gasteiger partial charge is 0.493 e. The Morgan fingerprint density at radius 1 is 1.03 bits per heavy atom. The summed E-state index contributed by atoms with van der Waals surface area (Å²) in [6.07, 6.45) is 2.57. The van der Waals surface area contributed by atoms with Crippen LogP contribution in [0.3, 0.4) is 0 Å². The van der Waals surface area contributed by atoms with Crippen LogP contribution in [0.4, 0.5) is 0 Å². The van der Waals surface area contributed by atoms with Crippen LogP contribution in [0.5, 0.6) is 17.2 Å². The lowest BCUT2D eigenvalue weighted by Gasteiger charge is -2.14. The maximum Gasteiger partial charge on any atom is 0.274 e. The van der Waals surface area contributed by atoms with Gasteiger partial charge in [-0.1, -0.05) is 41.7 Å². The molecule has 2 heterocycles. The van der Waals surface area contributed by atoms with Gasteiger partial charge in [-0.05, 0) is 64.0 Å². The van der Waals surface area contributed by atoms with Crippen molar-refractivity contribution in [1.29, 1.82) is 0 Å². The number of hydrogen-bond acceptors (Lipinski definition) is 6. The lowest BCUT2D eigenvalue weighted by Crippen LogP contribution is -2.22. The van der Waals surface area contributed by atoms with E-state index in [1.807, 2.05) is 72.8 Å². The summed E-state index contributed by atoms with van der Waals surface area (Å²) >= 11 is 4.96. The molecule has 0 saturated carbocycles. The highest BCUT2D eigenvalue weighted by Gasteiger charge is 2.13. The molecule has 3 aromatic carbocycles. The molecule has 0 aliphatic heterocycles. The van der Waals surface area contributed by atoms with E-state index in [4.69, 9.17) is 14.2 Å². The van der Waals surface area contributed by atoms with Crippen LogP contribution in [0.15, 0.2) is 76.0 Å². The smallest absolute Gasteiger partial charge is 0.274 e. The summed E-state index contributed by atoms with van der Waals surface area (Å²) in [5, 5.41) is 0. The summed E-state index contributed by atoms with van der Waals surface area (Å²) in [6, 6.07) is 21.1. The fraction of sp³-hybridized carbons (Fsp3) is 0.154. The topological polar surface area (TPSA) is 62.1 Å². The molecule has 0 spiro atoms. The maximum atomic E-state index is 13.0. The second-order valence-electron chi connectivity index (χ2n) is 7.53. The van der Waals surface area contributed by atoms with E-state index in [-0.39, 0.29) is 5.56 Å². The number of methoxy groups -OCH3 is 1. The third-order valence-electron chi connectivity index (χ3n) is 5.24. The Balaban J connectivity index is 1.34. The van der Waals surface area contributed by atoms with Crippen LogP contribution in [0, 0.1) is 0 Å². The molecule has 0 unspecified atom stereocenters. The highest BCUT2D eigenvalue weighted by atomic mass is 79.9. The van der Waals surface area contributed by atoms with Gasteiger partial charge in [0.2, 0.25) is 0 Å². The molecular formula is C26H21BrN2O4S. The number of para-hydroxylation sites is 3. The number of rotatable bonds is 8. The molecule has 0 atom stereocenters. The van der Waals surface area contributed by atoms with Gasteiger partial charge in [0.15, 0.2) is 16.5 Å². The Morgan fingerprint density at radius 2 is 1.79 bits per heavy atom. The number of halogens is 1. The van der Waals surface area contributed by atoms with Gasteiger partial charge >= 0.3 is 0 Å². The van der Waals surface area contributed by atoms with Crippen molar-refractivity contribution < 1.29 is 14.2 Å². The number of nitrogens with zero attached hydrogens (tertiary/aromatic N) is 2. The minimum absolute atomic E-state index is 0.0810. The van der Waals surface area contributed by atoms with Crippen LogP contribution >= 0.6 is 27.3 Å². The maximum absolute atomic E-state index is 13.0. The number of imidazole rings is 1. The van der Waals surface area contributed by atoms with E-state index in [0.29, 0.717) is 34.2 Å². The van der Waals surface area contributed by atoms with Gasteiger partial charge in [-0.25, -0.2) is 9.38 Å². The van der Waals surface area contributed by atoms with Gasteiger partial charge in [0.1, 0.15) is 5.75 Å². The van der Waals surface area contributed by atoms with Crippen LogP contribution in [0.1, 0.15) is 12.0 Å². The predicted molar refractivity (Wildman–Crippen MR) is 138 cm³/mol. The van der Waals surface area contributed by atoms with Crippen molar-refractivity contribution in [3.63, 3.8) is 0 Å². The van der Waals surface area contributed by atoms with Crippen molar-refractivity contribution in [2.24, 2.45) is 0 Å². The molecule has 0 aliphatic rings. The first kappa shape index (κ1) is 22.4. The van der Waals surface area contributed by atoms with Gasteiger partial charge in [0, 0.05) is 6.42 Å². The summed E-state index contributed by atoms with van der Waals surface area (Å²) in [7, 11) is 1.60. The lowest BCUT2D eigenvalue weighted by molar-refractivity contribution is 0.239. The first-order valence-corrected chi connectivity index (χ1v) is 12.3. The minimum atomic E-state index is -0.0810. The first-order chi connectivity index (χ1) is 16.6. The standard InChI is InChI=1S/C26H21BrN2O4S/c1-31-22-15-17(14-19(27)24(22)33-13-7-12-32-18-8-3-2-4-9-18)16-23-25(30)29-21-11-6-5-10-20(21)28-26(29)34-23/h2-6,8-11,14-16H,7,12-13H2,1H3/b23-16-. The Labute approximate surface area is 208 Å². The van der Waals surface area contributed by atoms with E-state index in [0.717, 1.165) is 33.2 Å². The van der Waals surface area contributed by atoms with Gasteiger partial charge in [0.05, 0.1) is 40.4 Å². The molecule has 0 N–H and O–H groups in total. The molecule has 8 heteroatoms. The molecule has 0 aliphatic carbocycles. The Kier molecular flexibility index (Phi) is 6.51. The highest BCUT2D eigenvalue weighted by molar-refractivity contribution is 9.10. The summed E-state index contributed by atoms with van der Waals surface area (Å²) < 4.78 is 20.3. The Hall–Kier alpha value is -3.36. The molecular weight excluding hydrogens is 516 g/mol. The lowest BCUT2D eigenvalue weighted by atomic mass is 10.2. The van der Waals surface area contributed by atoms with Gasteiger partial charge < -0.3 is 14.2 Å². The number of benzene rings is 3. The number of thiazole rings is 1. The molecule has 0 amide bonds. The monoisotopic (exact) mass is 536 g/mol. The summed E-state index contributed by atoms with van der Waals surface area (Å²) in [4.78, 5) is 18.3. The minimum Gasteiger partial charge on any atom is -0.493 e. The fourth-order valence-corrected chi connectivity index (χ4v) is 5.23. The van der Waals surface area contributed by atoms with Crippen molar-refractivity contribution in [3.05, 3.63) is 91.7 Å². The van der Waals surface area contributed by atoms with Crippen LogP contribution in [0.25, 0.3) is 22.1 Å². The fourth-order valence-electron chi connectivity index (χ4n) is 3.67. The van der Waals surface area contributed by atoms with Crippen LogP contribution < -0.4 is 24.3 Å². The van der Waals surface area contributed by atoms with Gasteiger partial charge in [-0.2, -0.15) is 0 Å². The quantitative estimate of drug-likeness (QED) is 0.259. The molecule has 5 rings (SSSR count). The molecule has 5 aromatic rings. The van der Waals surface area contributed by atoms with E-state index < -0.39 is 0 Å². The third kappa shape index (κ3) is 4.51. The van der Waals surface area contributed by atoms with E-state index in [9.17, 15) is 4.79 Å². The predicted octanol–water partition coefficient (Wildman–Crippen LogP) is 5.08. The second kappa shape index (κ2) is 9.87. The van der Waals surface area contributed by atoms with Gasteiger partial charge in [-0.15, -0.1) is 0 Å². The zero-order chi connectivity index (χ0) is 23.5. The van der Waals surface area contributed by atoms with Crippen molar-refractivity contribution in [3.8, 4) is 17.2 Å². The van der Waals surface area contributed by atoms with Crippen molar-refractivity contribution in [2.45, 2.75) is 6.42 Å². The summed E-state index contributed by atoms with van der Waals surface area (Å²) in [5.74, 6) is 2.05. The zero-order valence-corrected chi connectivity index (χ0v) is 20.8. The molecule has 6 nitrogen and oxygen atoms in total. The highest BCUT2D eigenvalue weighted by Crippen LogP contribution is 2.37. The third-order valence-corrected chi connectivity index (χ3v) is 6.80. The molecule has 0 bridgehead atoms. The van der Waals surface area contributed by atoms with Crippen molar-refractivity contribution in [1.82, 2.24) is 9.38 Å². The summed E-state index contributed by atoms with van der Waals surface area (Å²) in [5.41, 5.74) is 2.38. The Bertz CT molecular complexity index is 1560. The van der Waals surface area contributed by atoms with E-state index in [1.54, 1.807) is 11.5 Å². The molecule has 0 saturated heterocycles. The van der Waals surface area contributed by atoms with E-state index in [1.165, 1.54) is 11.3 Å². The normalized spacial score (nSPS) is 11.9. The SMILES string of the molecule is COc1cc(/C=c2\sc3nc4ccccc4n3c2=O)cc(Br)c1OCCCOc1ccccc1. The first-order valence-electron chi connectivity index (χ1n) is 10.7. The van der Waals surface area contributed by atoms with Crippen molar-refractivity contribution in [2.75, 3.05) is 20.3 Å². The van der Waals surface area contributed by atoms with Gasteiger partial charge in [-0.3, -0.25) is 4.79 Å². The second-order valence-corrected chi connectivity index (χ2v) is 9.40. The number of fused-ring (bicyclic) bond motifs is 3. The molecule has 34 heavy (non-hydrogen) atoms. The van der Waals surface area contributed by atoms with Gasteiger partial charge in [0.25, 0.3) is 5.56 Å². The summed E-state index contributed by atoms with van der Waals surface area (Å²) in [6.45, 7) is 1.03. The van der Waals surface area contributed by atoms with E-state index >= 15 is 0 Å². The van der Waals surface area contributed by atoms with Crippen LogP contribution in [-0.2, 0) is 0 Å². The van der Waals surface area contributed by atoms with Crippen LogP contribution in [0.2, 0.25) is 0 Å². The Morgan fingerprint density at radius 3 is 2.62 bits per heavy atom.